The van der Waals surface area contributed by atoms with Gasteiger partial charge in [-0.25, -0.2) is 0 Å². The second-order valence-corrected chi connectivity index (χ2v) is 11.6. The molecule has 258 valence electrons. The number of hydrogen-bond donors (Lipinski definition) is 0. The van der Waals surface area contributed by atoms with Crippen molar-refractivity contribution in [3.63, 3.8) is 0 Å². The normalized spacial score (nSPS) is 15.1. The number of ketones is 2. The van der Waals surface area contributed by atoms with Crippen LogP contribution in [0, 0.1) is 20.5 Å². The number of hydroxylamine groups is 2. The Morgan fingerprint density at radius 1 is 0.725 bits per heavy atom. The summed E-state index contributed by atoms with van der Waals surface area (Å²) in [5.41, 5.74) is -0.316. The van der Waals surface area contributed by atoms with Gasteiger partial charge in [-0.15, -0.1) is 10.2 Å². The molecule has 0 spiro atoms. The zero-order valence-electron chi connectivity index (χ0n) is 25.9. The molecule has 51 heavy (non-hydrogen) atoms. The molecule has 6 rings (SSSR count). The molecule has 0 unspecified atom stereocenters. The molecule has 0 amide bonds. The summed E-state index contributed by atoms with van der Waals surface area (Å²) >= 11 is 24.2. The van der Waals surface area contributed by atoms with Gasteiger partial charge in [-0.05, 0) is 60.0 Å². The van der Waals surface area contributed by atoms with Crippen LogP contribution >= 0.6 is 46.4 Å². The number of non-ortho nitro benzene ring substituents is 1. The van der Waals surface area contributed by atoms with Crippen molar-refractivity contribution in [2.75, 3.05) is 0 Å². The number of fused-ring (bicyclic) bond motifs is 2. The minimum Gasteiger partial charge on any atom is -0.871 e. The van der Waals surface area contributed by atoms with E-state index in [-0.39, 0.29) is 73.4 Å². The van der Waals surface area contributed by atoms with Gasteiger partial charge in [0.05, 0.1) is 26.9 Å². The number of azo groups is 1. The Balaban J connectivity index is 0.000000270. The number of hydrogen-bond acceptors (Lipinski definition) is 13. The quantitative estimate of drug-likeness (QED) is 0.0822. The van der Waals surface area contributed by atoms with Crippen LogP contribution in [0.15, 0.2) is 105 Å². The van der Waals surface area contributed by atoms with Gasteiger partial charge < -0.3 is 25.9 Å². The molecule has 0 saturated carbocycles. The summed E-state index contributed by atoms with van der Waals surface area (Å²) in [7, 11) is 0. The Labute approximate surface area is 318 Å². The molecule has 0 atom stereocenters. The molecule has 2 aliphatic carbocycles. The Morgan fingerprint density at radius 2 is 1.33 bits per heavy atom. The molecule has 0 aliphatic heterocycles. The first-order valence-corrected chi connectivity index (χ1v) is 15.2. The van der Waals surface area contributed by atoms with Gasteiger partial charge >= 0.3 is 18.2 Å². The third-order valence-corrected chi connectivity index (χ3v) is 8.15. The fourth-order valence-corrected chi connectivity index (χ4v) is 5.37. The number of Topliss-reactive ketones (excluding diaryl/α,β-unsaturated/α-hetero) is 1. The van der Waals surface area contributed by atoms with Crippen molar-refractivity contribution in [2.24, 2.45) is 20.4 Å². The molecule has 0 heterocycles. The van der Waals surface area contributed by atoms with Crippen LogP contribution in [0.25, 0.3) is 16.8 Å². The van der Waals surface area contributed by atoms with E-state index in [2.05, 4.69) is 20.4 Å². The van der Waals surface area contributed by atoms with Gasteiger partial charge in [0.15, 0.2) is 0 Å². The average molecular weight is 812 g/mol. The van der Waals surface area contributed by atoms with Crippen LogP contribution in [0.3, 0.4) is 0 Å². The van der Waals surface area contributed by atoms with Crippen molar-refractivity contribution in [1.29, 1.82) is 0 Å². The van der Waals surface area contributed by atoms with Gasteiger partial charge in [0.25, 0.3) is 5.69 Å². The van der Waals surface area contributed by atoms with Crippen molar-refractivity contribution in [3.05, 3.63) is 136 Å². The van der Waals surface area contributed by atoms with Crippen LogP contribution in [-0.4, -0.2) is 33.1 Å². The number of benzene rings is 4. The molecule has 0 radical (unpaired) electrons. The number of halogens is 4. The van der Waals surface area contributed by atoms with E-state index in [1.165, 1.54) is 36.4 Å². The number of carbonyl (C=O) groups excluding carboxylic acids is 2. The van der Waals surface area contributed by atoms with Crippen LogP contribution in [-0.2, 0) is 21.6 Å². The largest absolute Gasteiger partial charge is 3.00 e. The summed E-state index contributed by atoms with van der Waals surface area (Å²) in [5, 5.41) is 72.3. The summed E-state index contributed by atoms with van der Waals surface area (Å²) < 4.78 is 0. The van der Waals surface area contributed by atoms with Crippen molar-refractivity contribution in [1.82, 2.24) is 5.23 Å². The van der Waals surface area contributed by atoms with Crippen LogP contribution < -0.4 is 10.2 Å². The molecule has 0 N–H and O–H groups in total. The van der Waals surface area contributed by atoms with Gasteiger partial charge in [-0.2, -0.15) is 10.2 Å². The van der Waals surface area contributed by atoms with Crippen LogP contribution in [0.1, 0.15) is 17.3 Å². The zero-order chi connectivity index (χ0) is 36.3. The molecule has 14 nitrogen and oxygen atoms in total. The molecule has 4 aromatic rings. The van der Waals surface area contributed by atoms with Gasteiger partial charge in [0.2, 0.25) is 11.6 Å². The predicted molar refractivity (Wildman–Crippen MR) is 187 cm³/mol. The topological polar surface area (TPSA) is 222 Å². The standard InChI is InChI=1S/C16H9Cl2N3O4.C16H7Cl2N3O4.Co/c2*17-10-3-4-11(18)15-9(10)2-6-13(16(15)23)20-19-12-5-1-8(21(24)25)7-14(12)22;/h1-7,22-23H;1-7H;/q;-2;+3/p-1. The third kappa shape index (κ3) is 8.50. The molecule has 4 aromatic carbocycles. The summed E-state index contributed by atoms with van der Waals surface area (Å²) in [6.07, 6.45) is 6.12. The second-order valence-electron chi connectivity index (χ2n) is 9.95. The monoisotopic (exact) mass is 810 g/mol. The van der Waals surface area contributed by atoms with E-state index < -0.39 is 33.2 Å². The maximum Gasteiger partial charge on any atom is 3.00 e. The summed E-state index contributed by atoms with van der Waals surface area (Å²) in [6, 6.07) is 12.3. The van der Waals surface area contributed by atoms with Gasteiger partial charge in [-0.3, -0.25) is 19.7 Å². The van der Waals surface area contributed by atoms with Gasteiger partial charge in [0.1, 0.15) is 11.4 Å². The SMILES string of the molecule is O=C1C=C(N([O-])[O-])C=CC1=NN=C1C=Cc2c(Cl)ccc(Cl)c2C1=O.O=[N+]([O-])c1ccc(N=Nc2ccc3c(Cl)ccc(Cl)c3c2[O-])c([O-])c1.[Co+3].[H+]. The van der Waals surface area contributed by atoms with Crippen LogP contribution in [0.4, 0.5) is 17.1 Å². The zero-order valence-corrected chi connectivity index (χ0v) is 28.9. The Morgan fingerprint density at radius 3 is 2.00 bits per heavy atom. The number of nitro groups is 1. The molecule has 0 aromatic heterocycles. The van der Waals surface area contributed by atoms with Crippen molar-refractivity contribution >= 4 is 103 Å². The van der Waals surface area contributed by atoms with Crippen molar-refractivity contribution in [2.45, 2.75) is 0 Å². The number of allylic oxidation sites excluding steroid dienone is 4. The minimum atomic E-state index is -0.687. The molecular weight excluding hydrogens is 797 g/mol. The third-order valence-electron chi connectivity index (χ3n) is 6.86. The molecular formula is C32H15Cl4CoN6O8. The number of carbonyl (C=O) groups is 2. The smallest absolute Gasteiger partial charge is 0.871 e. The van der Waals surface area contributed by atoms with E-state index in [0.717, 1.165) is 24.3 Å². The predicted octanol–water partition coefficient (Wildman–Crippen LogP) is 8.05. The van der Waals surface area contributed by atoms with E-state index >= 15 is 0 Å². The molecule has 0 saturated heterocycles. The van der Waals surface area contributed by atoms with Gasteiger partial charge in [0, 0.05) is 49.9 Å². The van der Waals surface area contributed by atoms with E-state index in [1.807, 2.05) is 0 Å². The first-order valence-electron chi connectivity index (χ1n) is 13.7. The summed E-state index contributed by atoms with van der Waals surface area (Å²) in [5.74, 6) is -2.31. The average Bonchev–Trinajstić information content (AvgIpc) is 3.08. The van der Waals surface area contributed by atoms with E-state index in [1.54, 1.807) is 24.3 Å². The van der Waals surface area contributed by atoms with E-state index in [9.17, 15) is 40.3 Å². The van der Waals surface area contributed by atoms with Crippen molar-refractivity contribution in [3.8, 4) is 11.5 Å². The number of rotatable bonds is 5. The number of nitro benzene ring substituents is 1. The van der Waals surface area contributed by atoms with Gasteiger partial charge in [-0.1, -0.05) is 70.0 Å². The minimum absolute atomic E-state index is 0. The Bertz CT molecular complexity index is 2310. The number of nitrogens with zero attached hydrogens (tertiary/aromatic N) is 6. The maximum atomic E-state index is 12.5. The molecule has 0 fully saturated rings. The van der Waals surface area contributed by atoms with E-state index in [0.29, 0.717) is 21.0 Å². The van der Waals surface area contributed by atoms with Crippen molar-refractivity contribution < 1.29 is 42.9 Å². The second kappa shape index (κ2) is 16.4. The fourth-order valence-electron chi connectivity index (χ4n) is 4.43. The van der Waals surface area contributed by atoms with Crippen LogP contribution in [0.5, 0.6) is 11.5 Å². The maximum absolute atomic E-state index is 12.5. The molecule has 19 heteroatoms. The summed E-state index contributed by atoms with van der Waals surface area (Å²) in [4.78, 5) is 34.2. The Kier molecular flexibility index (Phi) is 12.5. The van der Waals surface area contributed by atoms with Crippen LogP contribution in [0.2, 0.25) is 20.1 Å². The first kappa shape index (κ1) is 38.8. The molecule has 0 bridgehead atoms. The summed E-state index contributed by atoms with van der Waals surface area (Å²) in [6.45, 7) is 0. The molecule has 2 aliphatic rings. The van der Waals surface area contributed by atoms with E-state index in [4.69, 9.17) is 46.4 Å². The Hall–Kier alpha value is -4.97. The first-order chi connectivity index (χ1) is 23.8. The fraction of sp³-hybridized carbons (Fsp3) is 0.